The number of likely N-dealkylation sites (tertiary alicyclic amines) is 1. The summed E-state index contributed by atoms with van der Waals surface area (Å²) in [4.78, 5) is 24.9. The highest BCUT2D eigenvalue weighted by Crippen LogP contribution is 2.15. The summed E-state index contributed by atoms with van der Waals surface area (Å²) < 4.78 is 36.1. The number of carbonyl (C=O) groups is 2. The summed E-state index contributed by atoms with van der Waals surface area (Å²) in [6, 6.07) is 0. The zero-order chi connectivity index (χ0) is 13.1. The van der Waals surface area contributed by atoms with Crippen LogP contribution in [0.2, 0.25) is 0 Å². The van der Waals surface area contributed by atoms with Gasteiger partial charge in [0.25, 0.3) is 0 Å². The molecule has 0 radical (unpaired) electrons. The Balaban J connectivity index is 2.36. The molecule has 1 saturated heterocycles. The van der Waals surface area contributed by atoms with Crippen molar-refractivity contribution in [3.63, 3.8) is 0 Å². The van der Waals surface area contributed by atoms with E-state index in [0.717, 1.165) is 4.90 Å². The summed E-state index contributed by atoms with van der Waals surface area (Å²) in [6.45, 7) is -0.742. The Hall–Kier alpha value is -1.11. The largest absolute Gasteiger partial charge is 0.401 e. The van der Waals surface area contributed by atoms with Gasteiger partial charge in [0.2, 0.25) is 5.91 Å². The number of piperidine rings is 1. The predicted octanol–water partition coefficient (Wildman–Crippen LogP) is 0.672. The van der Waals surface area contributed by atoms with E-state index in [0.29, 0.717) is 25.9 Å². The minimum atomic E-state index is -4.30. The fourth-order valence-electron chi connectivity index (χ4n) is 1.70. The van der Waals surface area contributed by atoms with Gasteiger partial charge in [-0.2, -0.15) is 13.2 Å². The molecular weight excluding hydrogens is 237 g/mol. The zero-order valence-electron chi connectivity index (χ0n) is 9.59. The molecule has 0 aromatic rings. The maximum Gasteiger partial charge on any atom is 0.401 e. The van der Waals surface area contributed by atoms with E-state index in [1.807, 2.05) is 0 Å². The lowest BCUT2D eigenvalue weighted by Gasteiger charge is -2.28. The number of hydrogen-bond acceptors (Lipinski definition) is 3. The molecular formula is C10H15F3N2O2. The number of amides is 1. The third kappa shape index (κ3) is 5.16. The maximum atomic E-state index is 12.0. The Morgan fingerprint density at radius 2 is 1.88 bits per heavy atom. The number of carbonyl (C=O) groups excluding carboxylic acids is 2. The van der Waals surface area contributed by atoms with Gasteiger partial charge in [0.15, 0.2) is 0 Å². The monoisotopic (exact) mass is 252 g/mol. The molecule has 0 bridgehead atoms. The van der Waals surface area contributed by atoms with E-state index in [1.165, 1.54) is 11.9 Å². The van der Waals surface area contributed by atoms with E-state index in [4.69, 9.17) is 0 Å². The van der Waals surface area contributed by atoms with Gasteiger partial charge in [-0.25, -0.2) is 0 Å². The molecule has 17 heavy (non-hydrogen) atoms. The second-order valence-corrected chi connectivity index (χ2v) is 4.21. The molecule has 0 aromatic heterocycles. The molecule has 7 heteroatoms. The number of likely N-dealkylation sites (N-methyl/N-ethyl adjacent to an activating group) is 1. The number of rotatable bonds is 3. The summed E-state index contributed by atoms with van der Waals surface area (Å²) in [5.41, 5.74) is 0. The van der Waals surface area contributed by atoms with E-state index in [9.17, 15) is 22.8 Å². The standard InChI is InChI=1S/C10H15F3N2O2/c1-14(7-10(11,12)13)6-9(17)15-4-2-8(16)3-5-15/h2-7H2,1H3. The average Bonchev–Trinajstić information content (AvgIpc) is 2.15. The van der Waals surface area contributed by atoms with Gasteiger partial charge in [-0.15, -0.1) is 0 Å². The third-order valence-corrected chi connectivity index (χ3v) is 2.53. The number of alkyl halides is 3. The number of halogens is 3. The summed E-state index contributed by atoms with van der Waals surface area (Å²) in [6.07, 6.45) is -3.70. The van der Waals surface area contributed by atoms with Crippen LogP contribution in [-0.2, 0) is 9.59 Å². The molecule has 1 aliphatic heterocycles. The minimum Gasteiger partial charge on any atom is -0.341 e. The Morgan fingerprint density at radius 3 is 2.35 bits per heavy atom. The Kier molecular flexibility index (Phi) is 4.50. The fraction of sp³-hybridized carbons (Fsp3) is 0.800. The molecule has 0 N–H and O–H groups in total. The van der Waals surface area contributed by atoms with Crippen LogP contribution in [0.15, 0.2) is 0 Å². The topological polar surface area (TPSA) is 40.6 Å². The molecule has 98 valence electrons. The van der Waals surface area contributed by atoms with Gasteiger partial charge in [-0.05, 0) is 7.05 Å². The van der Waals surface area contributed by atoms with Gasteiger partial charge in [0.05, 0.1) is 13.1 Å². The Morgan fingerprint density at radius 1 is 1.35 bits per heavy atom. The first-order chi connectivity index (χ1) is 7.78. The highest BCUT2D eigenvalue weighted by molar-refractivity contribution is 5.84. The molecule has 0 saturated carbocycles. The molecule has 1 amide bonds. The molecule has 0 aromatic carbocycles. The van der Waals surface area contributed by atoms with Crippen molar-refractivity contribution in [3.8, 4) is 0 Å². The van der Waals surface area contributed by atoms with Gasteiger partial charge >= 0.3 is 6.18 Å². The van der Waals surface area contributed by atoms with Crippen LogP contribution in [0.3, 0.4) is 0 Å². The van der Waals surface area contributed by atoms with Crippen molar-refractivity contribution >= 4 is 11.7 Å². The van der Waals surface area contributed by atoms with Crippen LogP contribution in [0.25, 0.3) is 0 Å². The molecule has 0 aliphatic carbocycles. The van der Waals surface area contributed by atoms with Crippen molar-refractivity contribution in [2.45, 2.75) is 19.0 Å². The molecule has 1 heterocycles. The minimum absolute atomic E-state index is 0.0951. The first kappa shape index (κ1) is 14.0. The van der Waals surface area contributed by atoms with Crippen LogP contribution in [0, 0.1) is 0 Å². The van der Waals surface area contributed by atoms with Crippen LogP contribution >= 0.6 is 0 Å². The lowest BCUT2D eigenvalue weighted by molar-refractivity contribution is -0.149. The molecule has 0 unspecified atom stereocenters. The van der Waals surface area contributed by atoms with E-state index in [1.54, 1.807) is 0 Å². The third-order valence-electron chi connectivity index (χ3n) is 2.53. The van der Waals surface area contributed by atoms with Gasteiger partial charge in [0.1, 0.15) is 5.78 Å². The number of hydrogen-bond donors (Lipinski definition) is 0. The number of Topliss-reactive ketones (excluding diaryl/α,β-unsaturated/α-hetero) is 1. The van der Waals surface area contributed by atoms with Gasteiger partial charge in [-0.1, -0.05) is 0 Å². The predicted molar refractivity (Wildman–Crippen MR) is 54.4 cm³/mol. The van der Waals surface area contributed by atoms with E-state index in [-0.39, 0.29) is 18.2 Å². The molecule has 1 rings (SSSR count). The summed E-state index contributed by atoms with van der Waals surface area (Å²) >= 11 is 0. The highest BCUT2D eigenvalue weighted by atomic mass is 19.4. The lowest BCUT2D eigenvalue weighted by atomic mass is 10.1. The zero-order valence-corrected chi connectivity index (χ0v) is 9.59. The maximum absolute atomic E-state index is 12.0. The Bertz CT molecular complexity index is 294. The van der Waals surface area contributed by atoms with Crippen LogP contribution in [0.1, 0.15) is 12.8 Å². The van der Waals surface area contributed by atoms with E-state index in [2.05, 4.69) is 0 Å². The van der Waals surface area contributed by atoms with Crippen molar-refractivity contribution in [2.75, 3.05) is 33.2 Å². The van der Waals surface area contributed by atoms with E-state index >= 15 is 0 Å². The fourth-order valence-corrected chi connectivity index (χ4v) is 1.70. The number of nitrogens with zero attached hydrogens (tertiary/aromatic N) is 2. The molecule has 0 spiro atoms. The lowest BCUT2D eigenvalue weighted by Crippen LogP contribution is -2.45. The second kappa shape index (κ2) is 5.48. The molecule has 1 aliphatic rings. The van der Waals surface area contributed by atoms with Crippen molar-refractivity contribution in [3.05, 3.63) is 0 Å². The number of ketones is 1. The summed E-state index contributed by atoms with van der Waals surface area (Å²) in [5, 5.41) is 0. The molecule has 1 fully saturated rings. The van der Waals surface area contributed by atoms with Gasteiger partial charge in [-0.3, -0.25) is 14.5 Å². The van der Waals surface area contributed by atoms with Gasteiger partial charge < -0.3 is 4.90 Å². The quantitative estimate of drug-likeness (QED) is 0.741. The first-order valence-electron chi connectivity index (χ1n) is 5.33. The van der Waals surface area contributed by atoms with Crippen molar-refractivity contribution < 1.29 is 22.8 Å². The smallest absolute Gasteiger partial charge is 0.341 e. The van der Waals surface area contributed by atoms with Crippen LogP contribution in [-0.4, -0.2) is 60.9 Å². The first-order valence-corrected chi connectivity index (χ1v) is 5.33. The second-order valence-electron chi connectivity index (χ2n) is 4.21. The SMILES string of the molecule is CN(CC(=O)N1CCC(=O)CC1)CC(F)(F)F. The normalized spacial score (nSPS) is 17.7. The highest BCUT2D eigenvalue weighted by Gasteiger charge is 2.30. The summed E-state index contributed by atoms with van der Waals surface area (Å²) in [7, 11) is 1.25. The van der Waals surface area contributed by atoms with Gasteiger partial charge in [0, 0.05) is 25.9 Å². The van der Waals surface area contributed by atoms with Crippen LogP contribution in [0.5, 0.6) is 0 Å². The van der Waals surface area contributed by atoms with Crippen molar-refractivity contribution in [1.82, 2.24) is 9.80 Å². The molecule has 4 nitrogen and oxygen atoms in total. The average molecular weight is 252 g/mol. The summed E-state index contributed by atoms with van der Waals surface area (Å²) in [5.74, 6) is -0.262. The van der Waals surface area contributed by atoms with Crippen LogP contribution in [0.4, 0.5) is 13.2 Å². The Labute approximate surface area is 97.4 Å². The van der Waals surface area contributed by atoms with Crippen LogP contribution < -0.4 is 0 Å². The van der Waals surface area contributed by atoms with E-state index < -0.39 is 12.7 Å². The van der Waals surface area contributed by atoms with Crippen molar-refractivity contribution in [1.29, 1.82) is 0 Å². The molecule has 0 atom stereocenters. The van der Waals surface area contributed by atoms with Crippen molar-refractivity contribution in [2.24, 2.45) is 0 Å².